The topological polar surface area (TPSA) is 12.5 Å². The number of hydrogen-bond donors (Lipinski definition) is 0. The Labute approximate surface area is 94.7 Å². The van der Waals surface area contributed by atoms with Crippen LogP contribution in [0.1, 0.15) is 17.0 Å². The van der Waals surface area contributed by atoms with Crippen LogP contribution >= 0.6 is 0 Å². The van der Waals surface area contributed by atoms with E-state index in [4.69, 9.17) is 4.74 Å². The smallest absolute Gasteiger partial charge is 0.0919 e. The third-order valence-electron chi connectivity index (χ3n) is 3.61. The van der Waals surface area contributed by atoms with Crippen molar-refractivity contribution in [1.29, 1.82) is 0 Å². The van der Waals surface area contributed by atoms with Crippen molar-refractivity contribution in [2.24, 2.45) is 0 Å². The van der Waals surface area contributed by atoms with E-state index in [1.54, 1.807) is 0 Å². The maximum atomic E-state index is 5.51. The molecule has 1 nitrogen and oxygen atoms in total. The summed E-state index contributed by atoms with van der Waals surface area (Å²) in [7, 11) is 0. The molecule has 2 aromatic carbocycles. The van der Waals surface area contributed by atoms with Crippen molar-refractivity contribution >= 4 is 0 Å². The quantitative estimate of drug-likeness (QED) is 0.656. The lowest BCUT2D eigenvalue weighted by atomic mass is 9.94. The first-order chi connectivity index (χ1) is 7.95. The molecule has 1 atom stereocenters. The maximum absolute atomic E-state index is 5.51. The average molecular weight is 208 g/mol. The van der Waals surface area contributed by atoms with Crippen molar-refractivity contribution in [3.8, 4) is 11.1 Å². The van der Waals surface area contributed by atoms with E-state index in [1.165, 1.54) is 22.3 Å². The monoisotopic (exact) mass is 208 g/mol. The lowest BCUT2D eigenvalue weighted by Gasteiger charge is -2.09. The molecule has 1 saturated heterocycles. The van der Waals surface area contributed by atoms with E-state index in [9.17, 15) is 0 Å². The summed E-state index contributed by atoms with van der Waals surface area (Å²) in [6.07, 6.45) is 0.407. The van der Waals surface area contributed by atoms with Gasteiger partial charge < -0.3 is 4.74 Å². The van der Waals surface area contributed by atoms with Crippen LogP contribution in [0.2, 0.25) is 0 Å². The van der Waals surface area contributed by atoms with Crippen molar-refractivity contribution < 1.29 is 4.74 Å². The Hall–Kier alpha value is -1.60. The number of benzene rings is 2. The molecule has 1 heteroatoms. The van der Waals surface area contributed by atoms with Gasteiger partial charge in [-0.25, -0.2) is 0 Å². The van der Waals surface area contributed by atoms with Crippen LogP contribution in [0.4, 0.5) is 0 Å². The summed E-state index contributed by atoms with van der Waals surface area (Å²) in [5.41, 5.74) is 5.65. The fraction of sp³-hybridized carbons (Fsp3) is 0.200. The predicted octanol–water partition coefficient (Wildman–Crippen LogP) is 3.20. The minimum absolute atomic E-state index is 0.407. The van der Waals surface area contributed by atoms with Gasteiger partial charge >= 0.3 is 0 Å². The number of ether oxygens (including phenoxy) is 1. The fourth-order valence-electron chi connectivity index (χ4n) is 2.84. The molecule has 0 unspecified atom stereocenters. The standard InChI is InChI=1S/C15H12O/c1-3-7-12-10(5-1)11-6-2-4-8-13(11)15(12)14-9-16-14/h1-8,14-15H,9H2/t14-/m0/s1. The van der Waals surface area contributed by atoms with E-state index < -0.39 is 0 Å². The summed E-state index contributed by atoms with van der Waals surface area (Å²) in [6.45, 7) is 0.910. The highest BCUT2D eigenvalue weighted by Crippen LogP contribution is 2.49. The Morgan fingerprint density at radius 1 is 0.812 bits per heavy atom. The molecule has 0 bridgehead atoms. The summed E-state index contributed by atoms with van der Waals surface area (Å²) in [5.74, 6) is 0.465. The lowest BCUT2D eigenvalue weighted by Crippen LogP contribution is -2.03. The summed E-state index contributed by atoms with van der Waals surface area (Å²) >= 11 is 0. The number of rotatable bonds is 1. The second-order valence-electron chi connectivity index (χ2n) is 4.52. The van der Waals surface area contributed by atoms with E-state index in [1.807, 2.05) is 0 Å². The summed E-state index contributed by atoms with van der Waals surface area (Å²) in [6, 6.07) is 17.4. The zero-order valence-corrected chi connectivity index (χ0v) is 8.89. The molecule has 2 aromatic rings. The summed E-state index contributed by atoms with van der Waals surface area (Å²) < 4.78 is 5.51. The van der Waals surface area contributed by atoms with Crippen molar-refractivity contribution in [3.63, 3.8) is 0 Å². The zero-order chi connectivity index (χ0) is 10.5. The van der Waals surface area contributed by atoms with Gasteiger partial charge in [0.25, 0.3) is 0 Å². The van der Waals surface area contributed by atoms with Crippen molar-refractivity contribution in [1.82, 2.24) is 0 Å². The molecule has 0 amide bonds. The molecule has 1 fully saturated rings. The summed E-state index contributed by atoms with van der Waals surface area (Å²) in [5, 5.41) is 0. The molecule has 0 saturated carbocycles. The number of hydrogen-bond acceptors (Lipinski definition) is 1. The normalized spacial score (nSPS) is 21.6. The summed E-state index contributed by atoms with van der Waals surface area (Å²) in [4.78, 5) is 0. The van der Waals surface area contributed by atoms with Crippen molar-refractivity contribution in [2.75, 3.05) is 6.61 Å². The van der Waals surface area contributed by atoms with Crippen LogP contribution in [0.3, 0.4) is 0 Å². The number of epoxide rings is 1. The lowest BCUT2D eigenvalue weighted by molar-refractivity contribution is 0.391. The van der Waals surface area contributed by atoms with Gasteiger partial charge in [-0.2, -0.15) is 0 Å². The largest absolute Gasteiger partial charge is 0.372 e. The van der Waals surface area contributed by atoms with E-state index in [0.29, 0.717) is 12.0 Å². The minimum atomic E-state index is 0.407. The highest BCUT2D eigenvalue weighted by molar-refractivity contribution is 5.79. The van der Waals surface area contributed by atoms with E-state index >= 15 is 0 Å². The Morgan fingerprint density at radius 2 is 1.31 bits per heavy atom. The first kappa shape index (κ1) is 8.54. The molecule has 1 aliphatic heterocycles. The fourth-order valence-corrected chi connectivity index (χ4v) is 2.84. The van der Waals surface area contributed by atoms with Crippen LogP contribution in [0.5, 0.6) is 0 Å². The minimum Gasteiger partial charge on any atom is -0.372 e. The van der Waals surface area contributed by atoms with Crippen LogP contribution in [0.25, 0.3) is 11.1 Å². The molecule has 0 radical (unpaired) electrons. The van der Waals surface area contributed by atoms with Crippen LogP contribution in [-0.4, -0.2) is 12.7 Å². The van der Waals surface area contributed by atoms with Crippen LogP contribution < -0.4 is 0 Å². The molecule has 1 aliphatic carbocycles. The van der Waals surface area contributed by atoms with Gasteiger partial charge in [0.15, 0.2) is 0 Å². The molecule has 2 aliphatic rings. The molecule has 78 valence electrons. The molecule has 1 heterocycles. The number of fused-ring (bicyclic) bond motifs is 3. The third kappa shape index (κ3) is 1.04. The SMILES string of the molecule is c1ccc2c(c1)-c1ccccc1C2[C@@H]1CO1. The van der Waals surface area contributed by atoms with Gasteiger partial charge in [-0.1, -0.05) is 48.5 Å². The second kappa shape index (κ2) is 2.96. The molecular weight excluding hydrogens is 196 g/mol. The zero-order valence-electron chi connectivity index (χ0n) is 8.89. The van der Waals surface area contributed by atoms with Gasteiger partial charge in [-0.05, 0) is 22.3 Å². The van der Waals surface area contributed by atoms with Gasteiger partial charge in [0.1, 0.15) is 0 Å². The van der Waals surface area contributed by atoms with Crippen molar-refractivity contribution in [2.45, 2.75) is 12.0 Å². The first-order valence-electron chi connectivity index (χ1n) is 5.75. The highest BCUT2D eigenvalue weighted by Gasteiger charge is 2.40. The Balaban J connectivity index is 2.01. The van der Waals surface area contributed by atoms with Gasteiger partial charge in [-0.3, -0.25) is 0 Å². The Morgan fingerprint density at radius 3 is 1.81 bits per heavy atom. The van der Waals surface area contributed by atoms with Crippen LogP contribution in [-0.2, 0) is 4.74 Å². The van der Waals surface area contributed by atoms with Crippen molar-refractivity contribution in [3.05, 3.63) is 59.7 Å². The second-order valence-corrected chi connectivity index (χ2v) is 4.52. The average Bonchev–Trinajstić information content (AvgIpc) is 3.11. The Bertz CT molecular complexity index is 509. The molecule has 0 spiro atoms. The molecule has 16 heavy (non-hydrogen) atoms. The Kier molecular flexibility index (Phi) is 1.58. The van der Waals surface area contributed by atoms with E-state index in [-0.39, 0.29) is 0 Å². The van der Waals surface area contributed by atoms with Crippen LogP contribution in [0, 0.1) is 0 Å². The van der Waals surface area contributed by atoms with Gasteiger partial charge in [0, 0.05) is 5.92 Å². The maximum Gasteiger partial charge on any atom is 0.0919 e. The molecule has 0 N–H and O–H groups in total. The molecule has 0 aromatic heterocycles. The first-order valence-corrected chi connectivity index (χ1v) is 5.75. The highest BCUT2D eigenvalue weighted by atomic mass is 16.6. The predicted molar refractivity (Wildman–Crippen MR) is 63.5 cm³/mol. The van der Waals surface area contributed by atoms with E-state index in [2.05, 4.69) is 48.5 Å². The van der Waals surface area contributed by atoms with Gasteiger partial charge in [0.2, 0.25) is 0 Å². The van der Waals surface area contributed by atoms with Gasteiger partial charge in [0.05, 0.1) is 12.7 Å². The molecule has 4 rings (SSSR count). The van der Waals surface area contributed by atoms with Crippen LogP contribution in [0.15, 0.2) is 48.5 Å². The van der Waals surface area contributed by atoms with Gasteiger partial charge in [-0.15, -0.1) is 0 Å². The molecular formula is C15H12O. The van der Waals surface area contributed by atoms with E-state index in [0.717, 1.165) is 6.61 Å². The third-order valence-corrected chi connectivity index (χ3v) is 3.61.